The molecule has 2 heterocycles. The van der Waals surface area contributed by atoms with Crippen LogP contribution in [0.5, 0.6) is 11.5 Å². The van der Waals surface area contributed by atoms with Crippen molar-refractivity contribution in [1.82, 2.24) is 0 Å². The molecule has 2 aliphatic heterocycles. The Bertz CT molecular complexity index is 1030. The lowest BCUT2D eigenvalue weighted by Gasteiger charge is -2.46. The topological polar surface area (TPSA) is 118 Å². The van der Waals surface area contributed by atoms with Gasteiger partial charge in [0, 0.05) is 22.9 Å². The number of hydrogen-bond acceptors (Lipinski definition) is 6. The fraction of sp³-hybridized carbons (Fsp3) is 0.429. The average molecular weight is 409 g/mol. The summed E-state index contributed by atoms with van der Waals surface area (Å²) < 4.78 is 10.9. The van der Waals surface area contributed by atoms with E-state index in [0.29, 0.717) is 28.6 Å². The highest BCUT2D eigenvalue weighted by Crippen LogP contribution is 2.55. The third-order valence-electron chi connectivity index (χ3n) is 6.29. The second-order valence-corrected chi connectivity index (χ2v) is 7.94. The highest BCUT2D eigenvalue weighted by Gasteiger charge is 2.59. The molecule has 7 nitrogen and oxygen atoms in total. The summed E-state index contributed by atoms with van der Waals surface area (Å²) in [4.78, 5) is 1.29. The Labute approximate surface area is 173 Å². The van der Waals surface area contributed by atoms with Crippen LogP contribution in [0, 0.1) is 56.7 Å². The zero-order valence-corrected chi connectivity index (χ0v) is 16.6. The molecule has 0 amide bonds. The van der Waals surface area contributed by atoms with E-state index in [1.165, 1.54) is 4.90 Å². The highest BCUT2D eigenvalue weighted by molar-refractivity contribution is 6.31. The van der Waals surface area contributed by atoms with Gasteiger partial charge in [0.1, 0.15) is 5.92 Å². The molecular formula is C21H19ClN5O2+. The molecule has 0 spiro atoms. The molecule has 8 heteroatoms. The van der Waals surface area contributed by atoms with E-state index in [4.69, 9.17) is 26.5 Å². The molecule has 1 aromatic rings. The van der Waals surface area contributed by atoms with Crippen molar-refractivity contribution in [2.45, 2.75) is 12.8 Å². The number of fused-ring (bicyclic) bond motifs is 2. The maximum Gasteiger partial charge on any atom is 0.231 e. The minimum absolute atomic E-state index is 0.0795. The van der Waals surface area contributed by atoms with Gasteiger partial charge in [0.15, 0.2) is 16.9 Å². The maximum absolute atomic E-state index is 10.1. The van der Waals surface area contributed by atoms with Crippen LogP contribution in [0.4, 0.5) is 0 Å². The summed E-state index contributed by atoms with van der Waals surface area (Å²) in [7, 11) is 0. The predicted molar refractivity (Wildman–Crippen MR) is 104 cm³/mol. The molecule has 0 aromatic heterocycles. The Balaban J connectivity index is 1.96. The summed E-state index contributed by atoms with van der Waals surface area (Å²) in [6, 6.07) is 9.68. The zero-order valence-electron chi connectivity index (χ0n) is 15.8. The van der Waals surface area contributed by atoms with E-state index in [0.717, 1.165) is 18.7 Å². The summed E-state index contributed by atoms with van der Waals surface area (Å²) in [5.74, 6) is -0.788. The SMILES string of the molecule is CC[NH+]1CC=C2C(C#N)C(=N)C(C#N)(C#N)[C@H](c3cc4c(cc3Cl)OCO4)[C@H]2C1. The number of hydrogen-bond donors (Lipinski definition) is 2. The van der Waals surface area contributed by atoms with E-state index in [1.54, 1.807) is 12.1 Å². The van der Waals surface area contributed by atoms with Crippen LogP contribution in [0.1, 0.15) is 18.4 Å². The second-order valence-electron chi connectivity index (χ2n) is 7.53. The van der Waals surface area contributed by atoms with Gasteiger partial charge in [-0.1, -0.05) is 11.6 Å². The van der Waals surface area contributed by atoms with Crippen molar-refractivity contribution in [3.8, 4) is 29.7 Å². The number of quaternary nitrogens is 1. The van der Waals surface area contributed by atoms with E-state index < -0.39 is 17.3 Å². The summed E-state index contributed by atoms with van der Waals surface area (Å²) in [6.45, 7) is 4.44. The molecule has 1 aromatic carbocycles. The first-order valence-electron chi connectivity index (χ1n) is 9.44. The quantitative estimate of drug-likeness (QED) is 0.723. The summed E-state index contributed by atoms with van der Waals surface area (Å²) in [5.41, 5.74) is -0.565. The Morgan fingerprint density at radius 2 is 1.93 bits per heavy atom. The van der Waals surface area contributed by atoms with Crippen LogP contribution >= 0.6 is 11.6 Å². The molecule has 0 bridgehead atoms. The zero-order chi connectivity index (χ0) is 20.8. The monoisotopic (exact) mass is 408 g/mol. The number of nitrogens with zero attached hydrogens (tertiary/aromatic N) is 3. The van der Waals surface area contributed by atoms with Crippen LogP contribution in [0.3, 0.4) is 0 Å². The Hall–Kier alpha value is -3.05. The number of halogens is 1. The van der Waals surface area contributed by atoms with E-state index in [-0.39, 0.29) is 18.4 Å². The molecule has 0 radical (unpaired) electrons. The van der Waals surface area contributed by atoms with Crippen LogP contribution in [0.25, 0.3) is 0 Å². The molecule has 146 valence electrons. The molecule has 29 heavy (non-hydrogen) atoms. The first-order chi connectivity index (χ1) is 14.0. The fourth-order valence-electron chi connectivity index (χ4n) is 4.77. The lowest BCUT2D eigenvalue weighted by atomic mass is 9.54. The molecule has 1 fully saturated rings. The molecule has 4 rings (SSSR count). The summed E-state index contributed by atoms with van der Waals surface area (Å²) in [6.07, 6.45) is 2.00. The Morgan fingerprint density at radius 1 is 1.24 bits per heavy atom. The van der Waals surface area contributed by atoms with Crippen LogP contribution in [0.2, 0.25) is 5.02 Å². The van der Waals surface area contributed by atoms with Gasteiger partial charge in [0.05, 0.1) is 43.6 Å². The van der Waals surface area contributed by atoms with Gasteiger partial charge in [0.2, 0.25) is 6.79 Å². The van der Waals surface area contributed by atoms with Crippen molar-refractivity contribution < 1.29 is 14.4 Å². The van der Waals surface area contributed by atoms with Crippen LogP contribution in [-0.4, -0.2) is 32.1 Å². The largest absolute Gasteiger partial charge is 0.454 e. The Morgan fingerprint density at radius 3 is 2.55 bits per heavy atom. The molecule has 4 atom stereocenters. The van der Waals surface area contributed by atoms with Crippen molar-refractivity contribution >= 4 is 17.3 Å². The molecular weight excluding hydrogens is 390 g/mol. The second kappa shape index (κ2) is 7.08. The van der Waals surface area contributed by atoms with Gasteiger partial charge < -0.3 is 19.8 Å². The minimum Gasteiger partial charge on any atom is -0.454 e. The molecule has 1 aliphatic carbocycles. The lowest BCUT2D eigenvalue weighted by molar-refractivity contribution is -0.897. The van der Waals surface area contributed by atoms with Crippen LogP contribution < -0.4 is 14.4 Å². The van der Waals surface area contributed by atoms with Gasteiger partial charge in [0.25, 0.3) is 0 Å². The third-order valence-corrected chi connectivity index (χ3v) is 6.61. The van der Waals surface area contributed by atoms with Gasteiger partial charge in [-0.25, -0.2) is 0 Å². The van der Waals surface area contributed by atoms with E-state index in [1.807, 2.05) is 6.08 Å². The molecule has 3 aliphatic rings. The number of nitriles is 3. The number of benzene rings is 1. The maximum atomic E-state index is 10.1. The highest BCUT2D eigenvalue weighted by atomic mass is 35.5. The van der Waals surface area contributed by atoms with Gasteiger partial charge in [-0.15, -0.1) is 0 Å². The van der Waals surface area contributed by atoms with E-state index >= 15 is 0 Å². The van der Waals surface area contributed by atoms with Crippen molar-refractivity contribution in [1.29, 1.82) is 21.2 Å². The normalized spacial score (nSPS) is 29.1. The smallest absolute Gasteiger partial charge is 0.231 e. The fourth-order valence-corrected chi connectivity index (χ4v) is 5.04. The van der Waals surface area contributed by atoms with Crippen molar-refractivity contribution in [2.75, 3.05) is 26.4 Å². The van der Waals surface area contributed by atoms with Gasteiger partial charge >= 0.3 is 0 Å². The van der Waals surface area contributed by atoms with Crippen molar-refractivity contribution in [3.63, 3.8) is 0 Å². The standard InChI is InChI=1S/C21H18ClN5O2/c1-2-27-4-3-12-14(7-23)20(26)21(9-24,10-25)19(15(12)8-27)13-5-17-18(6-16(13)22)29-11-28-17/h3,5-6,14-15,19,26H,2,4,8,11H2,1H3/p+1/t14?,15-,19+/m0/s1. The molecule has 2 unspecified atom stereocenters. The number of likely N-dealkylation sites (N-methyl/N-ethyl adjacent to an activating group) is 1. The third kappa shape index (κ3) is 2.69. The predicted octanol–water partition coefficient (Wildman–Crippen LogP) is 1.82. The minimum atomic E-state index is -1.78. The molecule has 2 N–H and O–H groups in total. The molecule has 0 saturated heterocycles. The van der Waals surface area contributed by atoms with E-state index in [9.17, 15) is 15.8 Å². The number of ether oxygens (including phenoxy) is 2. The first-order valence-corrected chi connectivity index (χ1v) is 9.82. The van der Waals surface area contributed by atoms with Gasteiger partial charge in [-0.3, -0.25) is 0 Å². The average Bonchev–Trinajstić information content (AvgIpc) is 3.19. The number of rotatable bonds is 2. The van der Waals surface area contributed by atoms with Gasteiger partial charge in [-0.2, -0.15) is 15.8 Å². The van der Waals surface area contributed by atoms with E-state index in [2.05, 4.69) is 25.1 Å². The van der Waals surface area contributed by atoms with Crippen molar-refractivity contribution in [2.24, 2.45) is 17.3 Å². The van der Waals surface area contributed by atoms with Crippen LogP contribution in [0.15, 0.2) is 23.8 Å². The Kier molecular flexibility index (Phi) is 4.71. The van der Waals surface area contributed by atoms with Crippen molar-refractivity contribution in [3.05, 3.63) is 34.4 Å². The lowest BCUT2D eigenvalue weighted by Crippen LogP contribution is -3.13. The van der Waals surface area contributed by atoms with Gasteiger partial charge in [-0.05, 0) is 30.2 Å². The summed E-state index contributed by atoms with van der Waals surface area (Å²) >= 11 is 6.59. The first kappa shape index (κ1) is 19.3. The van der Waals surface area contributed by atoms with Crippen LogP contribution in [-0.2, 0) is 0 Å². The molecule has 1 saturated carbocycles. The summed E-state index contributed by atoms with van der Waals surface area (Å²) in [5, 5.41) is 39.0. The number of nitrogens with one attached hydrogen (secondary N) is 2.